The first kappa shape index (κ1) is 45.6. The highest BCUT2D eigenvalue weighted by Gasteiger charge is 2.17. The Morgan fingerprint density at radius 1 is 0.203 bits per heavy atom. The van der Waals surface area contributed by atoms with E-state index in [9.17, 15) is 0 Å². The van der Waals surface area contributed by atoms with Crippen LogP contribution in [0.2, 0.25) is 0 Å². The molecule has 0 spiro atoms. The summed E-state index contributed by atoms with van der Waals surface area (Å²) in [6, 6.07) is 106. The van der Waals surface area contributed by atoms with Crippen molar-refractivity contribution in [3.05, 3.63) is 302 Å². The zero-order valence-electron chi connectivity index (χ0n) is 41.6. The third-order valence-electron chi connectivity index (χ3n) is 14.2. The second-order valence-corrected chi connectivity index (χ2v) is 19.2. The smallest absolute Gasteiger partial charge is 0.0462 e. The van der Waals surface area contributed by atoms with E-state index in [1.54, 1.807) is 0 Å². The Labute approximate surface area is 435 Å². The van der Waals surface area contributed by atoms with Gasteiger partial charge in [-0.05, 0) is 170 Å². The lowest BCUT2D eigenvalue weighted by Crippen LogP contribution is -2.10. The maximum absolute atomic E-state index is 2.36. The van der Waals surface area contributed by atoms with Crippen molar-refractivity contribution in [3.63, 3.8) is 0 Å². The van der Waals surface area contributed by atoms with E-state index in [4.69, 9.17) is 0 Å². The zero-order valence-corrected chi connectivity index (χ0v) is 41.6. The molecule has 0 aliphatic heterocycles. The first-order valence-corrected chi connectivity index (χ1v) is 25.5. The number of nitrogens with zero attached hydrogens (tertiary/aromatic N) is 2. The van der Waals surface area contributed by atoms with E-state index in [-0.39, 0.29) is 0 Å². The van der Waals surface area contributed by atoms with E-state index >= 15 is 0 Å². The molecule has 2 nitrogen and oxygen atoms in total. The van der Waals surface area contributed by atoms with Gasteiger partial charge < -0.3 is 9.80 Å². The molecule has 0 aliphatic rings. The van der Waals surface area contributed by atoms with E-state index in [1.807, 2.05) is 0 Å². The summed E-state index contributed by atoms with van der Waals surface area (Å²) in [5.41, 5.74) is 23.4. The number of benzene rings is 12. The molecule has 352 valence electrons. The summed E-state index contributed by atoms with van der Waals surface area (Å²) in [5.74, 6) is 0. The highest BCUT2D eigenvalue weighted by molar-refractivity contribution is 5.97. The van der Waals surface area contributed by atoms with Gasteiger partial charge in [0.25, 0.3) is 0 Å². The molecule has 12 aromatic rings. The molecule has 0 saturated carbocycles. The Morgan fingerprint density at radius 3 is 0.919 bits per heavy atom. The molecule has 2 heteroatoms. The van der Waals surface area contributed by atoms with Crippen molar-refractivity contribution in [2.24, 2.45) is 0 Å². The largest absolute Gasteiger partial charge is 0.311 e. The predicted octanol–water partition coefficient (Wildman–Crippen LogP) is 20.4. The standard InChI is InChI=1S/C72H54N2/c1-51-47-52(2)49-64(48-51)63-20-11-19-62(50-63)59-31-43-69(44-32-59)74(70-45-33-61(34-46-70)72-22-12-18-60-17-9-10-21-71(60)72)68-41-29-58(30-42-68)57-27-39-67(40-28-57)73(65-35-23-55(24-36-65)53-13-5-3-6-14-53)66-37-25-56(26-38-66)54-15-7-4-8-16-54/h3-50H,1-2H3. The molecular weight excluding hydrogens is 893 g/mol. The van der Waals surface area contributed by atoms with Gasteiger partial charge in [-0.25, -0.2) is 0 Å². The van der Waals surface area contributed by atoms with Crippen molar-refractivity contribution < 1.29 is 0 Å². The molecule has 12 aromatic carbocycles. The zero-order chi connectivity index (χ0) is 49.8. The van der Waals surface area contributed by atoms with Gasteiger partial charge in [0.15, 0.2) is 0 Å². The van der Waals surface area contributed by atoms with Crippen molar-refractivity contribution in [1.29, 1.82) is 0 Å². The molecule has 0 heterocycles. The van der Waals surface area contributed by atoms with Gasteiger partial charge in [-0.1, -0.05) is 223 Å². The van der Waals surface area contributed by atoms with Crippen molar-refractivity contribution in [3.8, 4) is 66.8 Å². The lowest BCUT2D eigenvalue weighted by atomic mass is 9.96. The van der Waals surface area contributed by atoms with Crippen molar-refractivity contribution in [2.75, 3.05) is 9.80 Å². The second kappa shape index (κ2) is 20.3. The van der Waals surface area contributed by atoms with Gasteiger partial charge in [0, 0.05) is 34.1 Å². The molecule has 0 atom stereocenters. The summed E-state index contributed by atoms with van der Waals surface area (Å²) in [5, 5.41) is 2.49. The topological polar surface area (TPSA) is 6.48 Å². The average Bonchev–Trinajstić information content (AvgIpc) is 3.47. The van der Waals surface area contributed by atoms with Crippen LogP contribution in [0.4, 0.5) is 34.1 Å². The summed E-state index contributed by atoms with van der Waals surface area (Å²) < 4.78 is 0. The lowest BCUT2D eigenvalue weighted by molar-refractivity contribution is 1.28. The van der Waals surface area contributed by atoms with Gasteiger partial charge in [0.05, 0.1) is 0 Å². The predicted molar refractivity (Wildman–Crippen MR) is 315 cm³/mol. The first-order valence-electron chi connectivity index (χ1n) is 25.5. The van der Waals surface area contributed by atoms with Gasteiger partial charge in [-0.3, -0.25) is 0 Å². The fourth-order valence-electron chi connectivity index (χ4n) is 10.5. The normalized spacial score (nSPS) is 11.1. The molecule has 0 bridgehead atoms. The summed E-state index contributed by atoms with van der Waals surface area (Å²) in [6.07, 6.45) is 0. The number of hydrogen-bond acceptors (Lipinski definition) is 2. The molecule has 0 fully saturated rings. The second-order valence-electron chi connectivity index (χ2n) is 19.2. The van der Waals surface area contributed by atoms with E-state index < -0.39 is 0 Å². The molecule has 0 aliphatic carbocycles. The quantitative estimate of drug-likeness (QED) is 0.120. The molecule has 12 rings (SSSR count). The van der Waals surface area contributed by atoms with Crippen LogP contribution in [0.3, 0.4) is 0 Å². The highest BCUT2D eigenvalue weighted by atomic mass is 15.1. The van der Waals surface area contributed by atoms with Gasteiger partial charge in [-0.15, -0.1) is 0 Å². The first-order chi connectivity index (χ1) is 36.5. The van der Waals surface area contributed by atoms with E-state index in [0.29, 0.717) is 0 Å². The van der Waals surface area contributed by atoms with Crippen LogP contribution >= 0.6 is 0 Å². The Hall–Kier alpha value is -9.50. The van der Waals surface area contributed by atoms with E-state index in [0.717, 1.165) is 45.3 Å². The van der Waals surface area contributed by atoms with Crippen LogP contribution in [-0.4, -0.2) is 0 Å². The third kappa shape index (κ3) is 9.53. The number of hydrogen-bond donors (Lipinski definition) is 0. The number of fused-ring (bicyclic) bond motifs is 1. The van der Waals surface area contributed by atoms with Crippen LogP contribution in [0, 0.1) is 13.8 Å². The summed E-state index contributed by atoms with van der Waals surface area (Å²) in [7, 11) is 0. The lowest BCUT2D eigenvalue weighted by Gasteiger charge is -2.27. The summed E-state index contributed by atoms with van der Waals surface area (Å²) >= 11 is 0. The summed E-state index contributed by atoms with van der Waals surface area (Å²) in [4.78, 5) is 4.70. The van der Waals surface area contributed by atoms with Crippen LogP contribution in [0.1, 0.15) is 11.1 Å². The summed E-state index contributed by atoms with van der Waals surface area (Å²) in [6.45, 7) is 4.34. The maximum atomic E-state index is 2.36. The molecular formula is C72H54N2. The van der Waals surface area contributed by atoms with Crippen LogP contribution in [0.5, 0.6) is 0 Å². The van der Waals surface area contributed by atoms with Crippen LogP contribution in [-0.2, 0) is 0 Å². The van der Waals surface area contributed by atoms with Gasteiger partial charge in [-0.2, -0.15) is 0 Å². The minimum absolute atomic E-state index is 1.08. The van der Waals surface area contributed by atoms with Crippen molar-refractivity contribution in [2.45, 2.75) is 13.8 Å². The Balaban J connectivity index is 0.866. The third-order valence-corrected chi connectivity index (χ3v) is 14.2. The fourth-order valence-corrected chi connectivity index (χ4v) is 10.5. The Bertz CT molecular complexity index is 3740. The van der Waals surface area contributed by atoms with Crippen LogP contribution in [0.25, 0.3) is 77.5 Å². The molecule has 0 radical (unpaired) electrons. The fraction of sp³-hybridized carbons (Fsp3) is 0.0278. The van der Waals surface area contributed by atoms with E-state index in [1.165, 1.54) is 77.5 Å². The molecule has 74 heavy (non-hydrogen) atoms. The highest BCUT2D eigenvalue weighted by Crippen LogP contribution is 2.41. The molecule has 0 aromatic heterocycles. The Morgan fingerprint density at radius 2 is 0.500 bits per heavy atom. The Kier molecular flexibility index (Phi) is 12.5. The van der Waals surface area contributed by atoms with Gasteiger partial charge in [0.1, 0.15) is 0 Å². The van der Waals surface area contributed by atoms with Gasteiger partial charge >= 0.3 is 0 Å². The monoisotopic (exact) mass is 946 g/mol. The van der Waals surface area contributed by atoms with Crippen molar-refractivity contribution in [1.82, 2.24) is 0 Å². The molecule has 0 saturated heterocycles. The molecule has 0 amide bonds. The number of aryl methyl sites for hydroxylation is 2. The maximum Gasteiger partial charge on any atom is 0.0462 e. The molecule has 0 unspecified atom stereocenters. The number of anilines is 6. The average molecular weight is 947 g/mol. The van der Waals surface area contributed by atoms with Gasteiger partial charge in [0.2, 0.25) is 0 Å². The van der Waals surface area contributed by atoms with E-state index in [2.05, 4.69) is 315 Å². The van der Waals surface area contributed by atoms with Crippen LogP contribution < -0.4 is 9.80 Å². The molecule has 0 N–H and O–H groups in total. The number of rotatable bonds is 12. The van der Waals surface area contributed by atoms with Crippen LogP contribution in [0.15, 0.2) is 291 Å². The minimum Gasteiger partial charge on any atom is -0.311 e. The van der Waals surface area contributed by atoms with Crippen molar-refractivity contribution >= 4 is 44.9 Å². The SMILES string of the molecule is Cc1cc(C)cc(-c2cccc(-c3ccc(N(c4ccc(-c5ccc(N(c6ccc(-c7ccccc7)cc6)c6ccc(-c7ccccc7)cc6)cc5)cc4)c4ccc(-c5cccc6ccccc56)cc4)cc3)c2)c1. The minimum atomic E-state index is 1.08.